The molecule has 4 rings (SSSR count). The fraction of sp³-hybridized carbons (Fsp3) is 0.300. The zero-order chi connectivity index (χ0) is 22.4. The number of amides is 2. The van der Waals surface area contributed by atoms with Gasteiger partial charge in [-0.15, -0.1) is 0 Å². The monoisotopic (exact) mass is 454 g/mol. The van der Waals surface area contributed by atoms with Crippen molar-refractivity contribution in [3.05, 3.63) is 53.6 Å². The molecule has 0 saturated carbocycles. The molecular weight excluding hydrogens is 434 g/mol. The van der Waals surface area contributed by atoms with Gasteiger partial charge >= 0.3 is 6.61 Å². The highest BCUT2D eigenvalue weighted by Gasteiger charge is 2.47. The first kappa shape index (κ1) is 21.5. The average Bonchev–Trinajstić information content (AvgIpc) is 3.21. The van der Waals surface area contributed by atoms with Crippen LogP contribution in [0.3, 0.4) is 0 Å². The van der Waals surface area contributed by atoms with E-state index in [1.807, 2.05) is 0 Å². The number of carbonyl (C=O) groups is 2. The van der Waals surface area contributed by atoms with E-state index in [9.17, 15) is 23.5 Å². The number of aliphatic hydroxyl groups is 1. The van der Waals surface area contributed by atoms with Gasteiger partial charge in [-0.25, -0.2) is 4.89 Å². The molecule has 2 amide bonds. The highest BCUT2D eigenvalue weighted by molar-refractivity contribution is 8.28. The molecule has 2 atom stereocenters. The largest absolute Gasteiger partial charge is 0.435 e. The molecule has 2 aromatic carbocycles. The number of hydrogen-bond donors (Lipinski definition) is 2. The van der Waals surface area contributed by atoms with E-state index in [0.717, 1.165) is 0 Å². The third-order valence-electron chi connectivity index (χ3n) is 5.01. The summed E-state index contributed by atoms with van der Waals surface area (Å²) in [6, 6.07) is 10.1. The van der Waals surface area contributed by atoms with Gasteiger partial charge in [0.25, 0.3) is 11.8 Å². The van der Waals surface area contributed by atoms with E-state index < -0.39 is 34.5 Å². The summed E-state index contributed by atoms with van der Waals surface area (Å²) in [7, 11) is -1.91. The van der Waals surface area contributed by atoms with Gasteiger partial charge in [-0.05, 0) is 47.8 Å². The molecule has 166 valence electrons. The Morgan fingerprint density at radius 3 is 2.77 bits per heavy atom. The van der Waals surface area contributed by atoms with Crippen molar-refractivity contribution in [2.75, 3.05) is 23.5 Å². The van der Waals surface area contributed by atoms with Crippen LogP contribution >= 0.6 is 10.5 Å². The van der Waals surface area contributed by atoms with Crippen LogP contribution in [0.4, 0.5) is 20.2 Å². The van der Waals surface area contributed by atoms with Crippen molar-refractivity contribution in [2.45, 2.75) is 19.1 Å². The van der Waals surface area contributed by atoms with Crippen molar-refractivity contribution < 1.29 is 37.4 Å². The summed E-state index contributed by atoms with van der Waals surface area (Å²) < 4.78 is 37.5. The molecule has 2 heterocycles. The van der Waals surface area contributed by atoms with Crippen LogP contribution in [0.2, 0.25) is 0 Å². The lowest BCUT2D eigenvalue weighted by Gasteiger charge is -2.27. The lowest BCUT2D eigenvalue weighted by atomic mass is 9.96. The number of benzene rings is 2. The van der Waals surface area contributed by atoms with Crippen LogP contribution in [0.15, 0.2) is 42.5 Å². The molecule has 2 N–H and O–H groups in total. The van der Waals surface area contributed by atoms with E-state index in [0.29, 0.717) is 18.0 Å². The third-order valence-corrected chi connectivity index (χ3v) is 6.97. The zero-order valence-corrected chi connectivity index (χ0v) is 17.4. The molecule has 1 saturated heterocycles. The number of nitrogens with one attached hydrogen (secondary N) is 1. The van der Waals surface area contributed by atoms with Crippen molar-refractivity contribution in [3.63, 3.8) is 0 Å². The van der Waals surface area contributed by atoms with Crippen LogP contribution in [0.25, 0.3) is 0 Å². The van der Waals surface area contributed by atoms with Gasteiger partial charge in [-0.1, -0.05) is 6.07 Å². The Labute approximate surface area is 178 Å². The number of nitrogens with zero attached hydrogens (tertiary/aromatic N) is 1. The third kappa shape index (κ3) is 3.97. The summed E-state index contributed by atoms with van der Waals surface area (Å²) in [5.41, 5.74) is -0.899. The van der Waals surface area contributed by atoms with E-state index >= 15 is 0 Å². The van der Waals surface area contributed by atoms with Gasteiger partial charge in [0.05, 0.1) is 18.0 Å². The van der Waals surface area contributed by atoms with Gasteiger partial charge in [-0.3, -0.25) is 19.2 Å². The van der Waals surface area contributed by atoms with E-state index in [4.69, 9.17) is 9.22 Å². The Bertz CT molecular complexity index is 1040. The zero-order valence-electron chi connectivity index (χ0n) is 16.6. The van der Waals surface area contributed by atoms with E-state index in [2.05, 4.69) is 9.46 Å². The molecular formula is C20H20F2N2O6S. The number of alkyl halides is 2. The van der Waals surface area contributed by atoms with Gasteiger partial charge in [0, 0.05) is 29.2 Å². The van der Waals surface area contributed by atoms with E-state index in [1.54, 1.807) is 6.26 Å². The standard InChI is InChI=1S/C20H20F2N2O6S/c1-20(27)15-10-12(17(25)23-31(2)9-8-28-30-31)6-7-16(15)24(18(20)26)13-4-3-5-14(11-13)29-19(21)22/h3-7,10-11,19,27H,8-9H2,1-2H3,(H,23,25)/t20-/m0/s1. The molecule has 0 spiro atoms. The summed E-state index contributed by atoms with van der Waals surface area (Å²) in [5.74, 6) is -0.691. The summed E-state index contributed by atoms with van der Waals surface area (Å²) in [6.45, 7) is -1.32. The molecule has 31 heavy (non-hydrogen) atoms. The normalized spacial score (nSPS) is 27.2. The van der Waals surface area contributed by atoms with Gasteiger partial charge in [0.1, 0.15) is 5.75 Å². The predicted octanol–water partition coefficient (Wildman–Crippen LogP) is 3.13. The minimum absolute atomic E-state index is 0.126. The molecule has 2 aliphatic rings. The smallest absolute Gasteiger partial charge is 0.387 e. The van der Waals surface area contributed by atoms with Crippen LogP contribution < -0.4 is 14.4 Å². The molecule has 0 aromatic heterocycles. The number of anilines is 2. The first-order chi connectivity index (χ1) is 14.6. The maximum Gasteiger partial charge on any atom is 0.387 e. The number of ether oxygens (including phenoxy) is 1. The fourth-order valence-electron chi connectivity index (χ4n) is 3.45. The molecule has 11 heteroatoms. The van der Waals surface area contributed by atoms with E-state index in [-0.39, 0.29) is 22.6 Å². The maximum atomic E-state index is 13.0. The molecule has 2 aliphatic heterocycles. The first-order valence-electron chi connectivity index (χ1n) is 9.26. The second-order valence-electron chi connectivity index (χ2n) is 7.35. The minimum atomic E-state index is -3.01. The predicted molar refractivity (Wildman–Crippen MR) is 109 cm³/mol. The Morgan fingerprint density at radius 1 is 1.32 bits per heavy atom. The number of carbonyl (C=O) groups excluding carboxylic acids is 2. The van der Waals surface area contributed by atoms with Crippen LogP contribution in [0, 0.1) is 0 Å². The SMILES string of the molecule is C[C@@]1(O)C(=O)N(c2cccc(OC(F)F)c2)c2ccc(C(=O)NS3(C)CCOO3)cc21. The summed E-state index contributed by atoms with van der Waals surface area (Å²) >= 11 is 0. The quantitative estimate of drug-likeness (QED) is 0.674. The van der Waals surface area contributed by atoms with Crippen LogP contribution in [0.1, 0.15) is 22.8 Å². The number of halogens is 2. The van der Waals surface area contributed by atoms with Crippen molar-refractivity contribution in [1.29, 1.82) is 0 Å². The first-order valence-corrected chi connectivity index (χ1v) is 11.4. The van der Waals surface area contributed by atoms with Gasteiger partial charge in [0.2, 0.25) is 0 Å². The van der Waals surface area contributed by atoms with Crippen LogP contribution in [0.5, 0.6) is 5.75 Å². The molecule has 0 bridgehead atoms. The number of rotatable bonds is 5. The van der Waals surface area contributed by atoms with Crippen LogP contribution in [-0.4, -0.2) is 42.1 Å². The molecule has 1 unspecified atom stereocenters. The molecule has 0 radical (unpaired) electrons. The van der Waals surface area contributed by atoms with Crippen molar-refractivity contribution in [3.8, 4) is 5.75 Å². The topological polar surface area (TPSA) is 97.3 Å². The Kier molecular flexibility index (Phi) is 5.38. The van der Waals surface area contributed by atoms with Crippen molar-refractivity contribution >= 4 is 33.7 Å². The number of hydrogen-bond acceptors (Lipinski definition) is 6. The highest BCUT2D eigenvalue weighted by atomic mass is 32.3. The molecule has 0 aliphatic carbocycles. The summed E-state index contributed by atoms with van der Waals surface area (Å²) in [6.07, 6.45) is 1.75. The lowest BCUT2D eigenvalue weighted by molar-refractivity contribution is -0.173. The Hall–Kier alpha value is -2.73. The molecule has 8 nitrogen and oxygen atoms in total. The lowest BCUT2D eigenvalue weighted by Crippen LogP contribution is -2.35. The Balaban J connectivity index is 1.68. The average molecular weight is 454 g/mol. The second-order valence-corrected chi connectivity index (χ2v) is 10.1. The van der Waals surface area contributed by atoms with Crippen molar-refractivity contribution in [2.24, 2.45) is 0 Å². The van der Waals surface area contributed by atoms with Gasteiger partial charge in [0.15, 0.2) is 5.60 Å². The number of fused-ring (bicyclic) bond motifs is 1. The van der Waals surface area contributed by atoms with Crippen molar-refractivity contribution in [1.82, 2.24) is 4.72 Å². The highest BCUT2D eigenvalue weighted by Crippen LogP contribution is 2.47. The van der Waals surface area contributed by atoms with Crippen LogP contribution in [-0.2, 0) is 19.6 Å². The molecule has 1 fully saturated rings. The summed E-state index contributed by atoms with van der Waals surface area (Å²) in [4.78, 5) is 31.8. The summed E-state index contributed by atoms with van der Waals surface area (Å²) in [5, 5.41) is 10.9. The molecule has 2 aromatic rings. The second kappa shape index (κ2) is 7.75. The minimum Gasteiger partial charge on any atom is -0.435 e. The van der Waals surface area contributed by atoms with Gasteiger partial charge in [-0.2, -0.15) is 13.1 Å². The fourth-order valence-corrected chi connectivity index (χ4v) is 4.83. The maximum absolute atomic E-state index is 13.0. The Morgan fingerprint density at radius 2 is 2.10 bits per heavy atom. The van der Waals surface area contributed by atoms with Gasteiger partial charge < -0.3 is 9.84 Å². The van der Waals surface area contributed by atoms with E-state index in [1.165, 1.54) is 54.3 Å².